The molecule has 2 heterocycles. The van der Waals surface area contributed by atoms with Crippen molar-refractivity contribution in [3.8, 4) is 5.75 Å². The number of methoxy groups -OCH3 is 1. The van der Waals surface area contributed by atoms with Crippen LogP contribution in [-0.4, -0.2) is 36.3 Å². The molecule has 0 aliphatic carbocycles. The molecule has 11 heteroatoms. The number of nitrogens with zero attached hydrogens (tertiary/aromatic N) is 3. The van der Waals surface area contributed by atoms with Crippen LogP contribution in [0.3, 0.4) is 0 Å². The molecule has 3 aromatic rings. The van der Waals surface area contributed by atoms with Gasteiger partial charge in [0.25, 0.3) is 0 Å². The number of halogens is 4. The molecule has 33 heavy (non-hydrogen) atoms. The molecule has 4 rings (SSSR count). The van der Waals surface area contributed by atoms with Crippen LogP contribution in [0.2, 0.25) is 0 Å². The van der Waals surface area contributed by atoms with Gasteiger partial charge in [0.1, 0.15) is 22.9 Å². The van der Waals surface area contributed by atoms with E-state index in [0.717, 1.165) is 16.8 Å². The zero-order chi connectivity index (χ0) is 24.1. The fraction of sp³-hybridized carbons (Fsp3) is 0.273. The third-order valence-corrected chi connectivity index (χ3v) is 7.72. The minimum atomic E-state index is -4.76. The minimum Gasteiger partial charge on any atom is -0.497 e. The van der Waals surface area contributed by atoms with E-state index in [2.05, 4.69) is 10.1 Å². The van der Waals surface area contributed by atoms with Crippen LogP contribution in [0.1, 0.15) is 29.8 Å². The summed E-state index contributed by atoms with van der Waals surface area (Å²) in [5.41, 5.74) is -0.675. The number of hydrogen-bond acceptors (Lipinski definition) is 5. The molecule has 6 nitrogen and oxygen atoms in total. The summed E-state index contributed by atoms with van der Waals surface area (Å²) >= 11 is 0. The van der Waals surface area contributed by atoms with Crippen molar-refractivity contribution in [1.82, 2.24) is 9.78 Å². The molecule has 1 aliphatic heterocycles. The van der Waals surface area contributed by atoms with Gasteiger partial charge in [0, 0.05) is 11.8 Å². The average molecular weight is 481 g/mol. The van der Waals surface area contributed by atoms with Crippen molar-refractivity contribution in [3.63, 3.8) is 0 Å². The third-order valence-electron chi connectivity index (χ3n) is 5.52. The van der Waals surface area contributed by atoms with E-state index in [-0.39, 0.29) is 22.0 Å². The van der Waals surface area contributed by atoms with Crippen LogP contribution >= 0.6 is 0 Å². The Morgan fingerprint density at radius 3 is 2.27 bits per heavy atom. The molecule has 2 unspecified atom stereocenters. The van der Waals surface area contributed by atoms with Crippen LogP contribution in [0.15, 0.2) is 58.4 Å². The second-order valence-electron chi connectivity index (χ2n) is 7.68. The monoisotopic (exact) mass is 481 g/mol. The van der Waals surface area contributed by atoms with E-state index >= 15 is 0 Å². The number of alkyl halides is 3. The molecule has 0 amide bonds. The second-order valence-corrected chi connectivity index (χ2v) is 9.75. The van der Waals surface area contributed by atoms with Crippen LogP contribution < -0.4 is 4.74 Å². The molecule has 0 spiro atoms. The summed E-state index contributed by atoms with van der Waals surface area (Å²) in [6, 6.07) is 9.13. The maximum absolute atomic E-state index is 14.4. The lowest BCUT2D eigenvalue weighted by molar-refractivity contribution is -0.141. The first-order valence-electron chi connectivity index (χ1n) is 9.79. The highest BCUT2D eigenvalue weighted by Crippen LogP contribution is 2.41. The Morgan fingerprint density at radius 2 is 1.70 bits per heavy atom. The molecule has 0 N–H and O–H groups in total. The molecule has 1 aliphatic rings. The summed E-state index contributed by atoms with van der Waals surface area (Å²) < 4.78 is 87.8. The van der Waals surface area contributed by atoms with E-state index in [9.17, 15) is 26.0 Å². The number of aryl methyl sites for hydroxylation is 1. The molecule has 2 aromatic carbocycles. The summed E-state index contributed by atoms with van der Waals surface area (Å²) in [6.45, 7) is 2.95. The Morgan fingerprint density at radius 1 is 1.03 bits per heavy atom. The van der Waals surface area contributed by atoms with Gasteiger partial charge in [-0.05, 0) is 55.3 Å². The first-order chi connectivity index (χ1) is 15.4. The Balaban J connectivity index is 1.94. The Bertz CT molecular complexity index is 1350. The first kappa shape index (κ1) is 23.0. The normalized spacial score (nSPS) is 18.6. The van der Waals surface area contributed by atoms with Crippen molar-refractivity contribution in [2.45, 2.75) is 36.2 Å². The number of hydrogen-bond donors (Lipinski definition) is 0. The predicted molar refractivity (Wildman–Crippen MR) is 113 cm³/mol. The van der Waals surface area contributed by atoms with Crippen LogP contribution in [0, 0.1) is 12.7 Å². The highest BCUT2D eigenvalue weighted by molar-refractivity contribution is 7.92. The summed E-state index contributed by atoms with van der Waals surface area (Å²) in [4.78, 5) is 4.05. The summed E-state index contributed by atoms with van der Waals surface area (Å²) in [7, 11) is -2.74. The Kier molecular flexibility index (Phi) is 5.55. The predicted octanol–water partition coefficient (Wildman–Crippen LogP) is 4.90. The Hall–Kier alpha value is -3.21. The topological polar surface area (TPSA) is 73.6 Å². The Labute approximate surface area is 187 Å². The van der Waals surface area contributed by atoms with Gasteiger partial charge in [-0.1, -0.05) is 12.1 Å². The van der Waals surface area contributed by atoms with Gasteiger partial charge in [0.05, 0.1) is 12.0 Å². The molecule has 174 valence electrons. The van der Waals surface area contributed by atoms with Gasteiger partial charge in [0.2, 0.25) is 0 Å². The third kappa shape index (κ3) is 4.01. The number of aromatic nitrogens is 2. The maximum Gasteiger partial charge on any atom is 0.435 e. The second kappa shape index (κ2) is 7.98. The van der Waals surface area contributed by atoms with Gasteiger partial charge in [0.15, 0.2) is 21.3 Å². The van der Waals surface area contributed by atoms with Crippen molar-refractivity contribution in [2.24, 2.45) is 4.99 Å². The summed E-state index contributed by atoms with van der Waals surface area (Å²) in [6.07, 6.45) is -4.76. The van der Waals surface area contributed by atoms with Crippen LogP contribution in [-0.2, 0) is 16.0 Å². The molecule has 2 atom stereocenters. The van der Waals surface area contributed by atoms with Crippen molar-refractivity contribution < 1.29 is 30.7 Å². The van der Waals surface area contributed by atoms with Gasteiger partial charge in [-0.2, -0.15) is 18.3 Å². The quantitative estimate of drug-likeness (QED) is 0.497. The molecular formula is C22H19F4N3O3S. The average Bonchev–Trinajstić information content (AvgIpc) is 3.19. The largest absolute Gasteiger partial charge is 0.497 e. The number of aliphatic imine (C=N–C) groups is 1. The van der Waals surface area contributed by atoms with Gasteiger partial charge in [-0.25, -0.2) is 22.5 Å². The smallest absolute Gasteiger partial charge is 0.435 e. The van der Waals surface area contributed by atoms with Crippen LogP contribution in [0.4, 0.5) is 23.4 Å². The lowest BCUT2D eigenvalue weighted by atomic mass is 9.98. The molecule has 0 fully saturated rings. The molecule has 1 aromatic heterocycles. The van der Waals surface area contributed by atoms with Crippen molar-refractivity contribution in [1.29, 1.82) is 0 Å². The van der Waals surface area contributed by atoms with E-state index in [0.29, 0.717) is 11.3 Å². The molecule has 0 bridgehead atoms. The van der Waals surface area contributed by atoms with E-state index < -0.39 is 38.8 Å². The number of rotatable bonds is 4. The maximum atomic E-state index is 14.4. The number of fused-ring (bicyclic) bond motifs is 1. The zero-order valence-electron chi connectivity index (χ0n) is 17.8. The number of ether oxygens (including phenoxy) is 1. The van der Waals surface area contributed by atoms with Gasteiger partial charge >= 0.3 is 6.18 Å². The molecule has 0 saturated carbocycles. The fourth-order valence-electron chi connectivity index (χ4n) is 3.83. The molecule has 0 radical (unpaired) electrons. The first-order valence-corrected chi connectivity index (χ1v) is 11.3. The van der Waals surface area contributed by atoms with Crippen LogP contribution in [0.5, 0.6) is 5.75 Å². The summed E-state index contributed by atoms with van der Waals surface area (Å²) in [5.74, 6) is -0.339. The lowest BCUT2D eigenvalue weighted by Gasteiger charge is -2.32. The lowest BCUT2D eigenvalue weighted by Crippen LogP contribution is -2.41. The van der Waals surface area contributed by atoms with E-state index in [1.165, 1.54) is 57.4 Å². The fourth-order valence-corrected chi connectivity index (χ4v) is 5.75. The zero-order valence-corrected chi connectivity index (χ0v) is 18.6. The standard InChI is InChI=1S/C22H19F4N3O3S/c1-12-4-5-14(10-17(12)23)20-21(33(30,31)16-8-6-15(32-3)7-9-16)13(2)27-19-11-18(22(24,25)26)28-29(19)20/h4-11,20-21H,1-3H3. The van der Waals surface area contributed by atoms with E-state index in [1.54, 1.807) is 0 Å². The van der Waals surface area contributed by atoms with Crippen molar-refractivity contribution in [2.75, 3.05) is 7.11 Å². The van der Waals surface area contributed by atoms with Crippen LogP contribution in [0.25, 0.3) is 0 Å². The van der Waals surface area contributed by atoms with Crippen molar-refractivity contribution in [3.05, 3.63) is 71.2 Å². The molecular weight excluding hydrogens is 462 g/mol. The minimum absolute atomic E-state index is 0.0675. The van der Waals surface area contributed by atoms with Gasteiger partial charge < -0.3 is 4.74 Å². The summed E-state index contributed by atoms with van der Waals surface area (Å²) in [5, 5.41) is 2.21. The number of sulfone groups is 1. The van der Waals surface area contributed by atoms with E-state index in [1.807, 2.05) is 0 Å². The SMILES string of the molecule is COc1ccc(S(=O)(=O)C2C(C)=Nc3cc(C(F)(F)F)nn3C2c2ccc(C)c(F)c2)cc1. The highest BCUT2D eigenvalue weighted by Gasteiger charge is 2.45. The van der Waals surface area contributed by atoms with Crippen molar-refractivity contribution >= 4 is 21.4 Å². The van der Waals surface area contributed by atoms with E-state index in [4.69, 9.17) is 4.74 Å². The molecule has 0 saturated heterocycles. The van der Waals surface area contributed by atoms with Gasteiger partial charge in [-0.15, -0.1) is 0 Å². The number of benzene rings is 2. The van der Waals surface area contributed by atoms with Gasteiger partial charge in [-0.3, -0.25) is 0 Å². The highest BCUT2D eigenvalue weighted by atomic mass is 32.2.